The summed E-state index contributed by atoms with van der Waals surface area (Å²) in [6, 6.07) is 1.90. The molecule has 0 radical (unpaired) electrons. The maximum atomic E-state index is 5.54. The monoisotopic (exact) mass is 278 g/mol. The van der Waals surface area contributed by atoms with Crippen LogP contribution in [0.3, 0.4) is 0 Å². The summed E-state index contributed by atoms with van der Waals surface area (Å²) < 4.78 is 5.39. The Morgan fingerprint density at radius 1 is 1.00 bits per heavy atom. The van der Waals surface area contributed by atoms with Crippen LogP contribution in [0.1, 0.15) is 19.3 Å². The highest BCUT2D eigenvalue weighted by Gasteiger charge is 2.18. The fraction of sp³-hybridized carbons (Fsp3) is 0.692. The van der Waals surface area contributed by atoms with Crippen molar-refractivity contribution in [3.05, 3.63) is 6.07 Å². The summed E-state index contributed by atoms with van der Waals surface area (Å²) in [6.45, 7) is 5.26. The zero-order valence-electron chi connectivity index (χ0n) is 11.7. The van der Waals surface area contributed by atoms with Crippen LogP contribution in [0.4, 0.5) is 17.6 Å². The first-order valence-electron chi connectivity index (χ1n) is 7.30. The molecule has 0 aliphatic carbocycles. The Hall–Kier alpha value is -1.60. The Morgan fingerprint density at radius 2 is 1.75 bits per heavy atom. The van der Waals surface area contributed by atoms with Crippen molar-refractivity contribution in [2.24, 2.45) is 5.84 Å². The van der Waals surface area contributed by atoms with Crippen LogP contribution < -0.4 is 21.1 Å². The Morgan fingerprint density at radius 3 is 2.45 bits per heavy atom. The molecule has 0 bridgehead atoms. The number of ether oxygens (including phenoxy) is 1. The van der Waals surface area contributed by atoms with Crippen LogP contribution in [0, 0.1) is 0 Å². The molecule has 0 amide bonds. The van der Waals surface area contributed by atoms with E-state index in [1.165, 1.54) is 19.3 Å². The van der Waals surface area contributed by atoms with Crippen LogP contribution in [0.15, 0.2) is 6.07 Å². The molecule has 110 valence electrons. The minimum atomic E-state index is 0.669. The molecular formula is C13H22N6O. The lowest BCUT2D eigenvalue weighted by molar-refractivity contribution is 0.122. The number of anilines is 3. The van der Waals surface area contributed by atoms with Crippen molar-refractivity contribution < 1.29 is 4.74 Å². The third-order valence-corrected chi connectivity index (χ3v) is 3.82. The number of nitrogens with zero attached hydrogens (tertiary/aromatic N) is 4. The van der Waals surface area contributed by atoms with Gasteiger partial charge in [-0.1, -0.05) is 0 Å². The fourth-order valence-electron chi connectivity index (χ4n) is 2.69. The maximum absolute atomic E-state index is 5.54. The van der Waals surface area contributed by atoms with E-state index in [0.717, 1.165) is 51.2 Å². The van der Waals surface area contributed by atoms with Gasteiger partial charge in [-0.05, 0) is 19.3 Å². The second kappa shape index (κ2) is 6.23. The molecule has 0 unspecified atom stereocenters. The molecule has 0 spiro atoms. The molecule has 20 heavy (non-hydrogen) atoms. The van der Waals surface area contributed by atoms with Crippen LogP contribution in [0.25, 0.3) is 0 Å². The van der Waals surface area contributed by atoms with Gasteiger partial charge in [0, 0.05) is 32.2 Å². The number of nitrogens with two attached hydrogens (primary N) is 1. The number of rotatable bonds is 3. The molecule has 1 aromatic heterocycles. The van der Waals surface area contributed by atoms with Gasteiger partial charge < -0.3 is 20.0 Å². The number of aromatic nitrogens is 2. The number of hydrogen-bond acceptors (Lipinski definition) is 7. The second-order valence-electron chi connectivity index (χ2n) is 5.20. The van der Waals surface area contributed by atoms with Crippen molar-refractivity contribution in [2.45, 2.75) is 19.3 Å². The topological polar surface area (TPSA) is 79.5 Å². The van der Waals surface area contributed by atoms with Gasteiger partial charge in [-0.25, -0.2) is 5.84 Å². The summed E-state index contributed by atoms with van der Waals surface area (Å²) in [5.74, 6) is 7.92. The third kappa shape index (κ3) is 2.94. The SMILES string of the molecule is NNc1cc(N2CCOCC2)nc(N2CCCCC2)n1. The molecule has 2 fully saturated rings. The summed E-state index contributed by atoms with van der Waals surface area (Å²) in [4.78, 5) is 13.7. The third-order valence-electron chi connectivity index (χ3n) is 3.82. The smallest absolute Gasteiger partial charge is 0.229 e. The Labute approximate surface area is 119 Å². The second-order valence-corrected chi connectivity index (χ2v) is 5.20. The number of piperidine rings is 1. The van der Waals surface area contributed by atoms with E-state index >= 15 is 0 Å². The van der Waals surface area contributed by atoms with Crippen LogP contribution in [0.5, 0.6) is 0 Å². The minimum Gasteiger partial charge on any atom is -0.378 e. The lowest BCUT2D eigenvalue weighted by atomic mass is 10.1. The highest BCUT2D eigenvalue weighted by atomic mass is 16.5. The van der Waals surface area contributed by atoms with Gasteiger partial charge in [0.25, 0.3) is 0 Å². The van der Waals surface area contributed by atoms with Gasteiger partial charge in [-0.15, -0.1) is 0 Å². The molecule has 7 nitrogen and oxygen atoms in total. The van der Waals surface area contributed by atoms with E-state index in [9.17, 15) is 0 Å². The van der Waals surface area contributed by atoms with Crippen LogP contribution >= 0.6 is 0 Å². The summed E-state index contributed by atoms with van der Waals surface area (Å²) in [5, 5.41) is 0. The van der Waals surface area contributed by atoms with Crippen molar-refractivity contribution >= 4 is 17.6 Å². The van der Waals surface area contributed by atoms with E-state index in [4.69, 9.17) is 15.6 Å². The van der Waals surface area contributed by atoms with E-state index in [1.807, 2.05) is 6.07 Å². The number of hydrogen-bond donors (Lipinski definition) is 2. The molecular weight excluding hydrogens is 256 g/mol. The summed E-state index contributed by atoms with van der Waals surface area (Å²) in [5.41, 5.74) is 2.65. The molecule has 2 aliphatic rings. The molecule has 7 heteroatoms. The van der Waals surface area contributed by atoms with Crippen LogP contribution in [0.2, 0.25) is 0 Å². The lowest BCUT2D eigenvalue weighted by Gasteiger charge is -2.31. The molecule has 0 saturated carbocycles. The van der Waals surface area contributed by atoms with Crippen molar-refractivity contribution in [1.29, 1.82) is 0 Å². The number of hydrazine groups is 1. The zero-order chi connectivity index (χ0) is 13.8. The summed E-state index contributed by atoms with van der Waals surface area (Å²) in [6.07, 6.45) is 3.70. The lowest BCUT2D eigenvalue weighted by Crippen LogP contribution is -2.38. The quantitative estimate of drug-likeness (QED) is 0.618. The average Bonchev–Trinajstić information content (AvgIpc) is 2.56. The first kappa shape index (κ1) is 13.4. The van der Waals surface area contributed by atoms with Crippen LogP contribution in [-0.4, -0.2) is 49.4 Å². The van der Waals surface area contributed by atoms with Gasteiger partial charge in [0.2, 0.25) is 5.95 Å². The van der Waals surface area contributed by atoms with Crippen molar-refractivity contribution in [3.8, 4) is 0 Å². The average molecular weight is 278 g/mol. The molecule has 1 aromatic rings. The molecule has 3 N–H and O–H groups in total. The van der Waals surface area contributed by atoms with Gasteiger partial charge in [-0.3, -0.25) is 0 Å². The van der Waals surface area contributed by atoms with E-state index in [2.05, 4.69) is 20.2 Å². The fourth-order valence-corrected chi connectivity index (χ4v) is 2.69. The predicted octanol–water partition coefficient (Wildman–Crippen LogP) is 0.589. The summed E-state index contributed by atoms with van der Waals surface area (Å²) >= 11 is 0. The molecule has 3 rings (SSSR count). The van der Waals surface area contributed by atoms with E-state index in [1.54, 1.807) is 0 Å². The summed E-state index contributed by atoms with van der Waals surface area (Å²) in [7, 11) is 0. The van der Waals surface area contributed by atoms with Crippen LogP contribution in [-0.2, 0) is 4.74 Å². The standard InChI is InChI=1S/C13H22N6O/c14-17-11-10-12(18-6-8-20-9-7-18)16-13(15-11)19-4-2-1-3-5-19/h10H,1-9,14H2,(H,15,16,17). The van der Waals surface area contributed by atoms with E-state index in [-0.39, 0.29) is 0 Å². The molecule has 2 aliphatic heterocycles. The number of nitrogens with one attached hydrogen (secondary N) is 1. The Kier molecular flexibility index (Phi) is 4.17. The van der Waals surface area contributed by atoms with Gasteiger partial charge in [-0.2, -0.15) is 9.97 Å². The number of nitrogen functional groups attached to an aromatic ring is 1. The predicted molar refractivity (Wildman–Crippen MR) is 78.9 cm³/mol. The molecule has 0 atom stereocenters. The van der Waals surface area contributed by atoms with Gasteiger partial charge >= 0.3 is 0 Å². The van der Waals surface area contributed by atoms with Gasteiger partial charge in [0.05, 0.1) is 13.2 Å². The number of morpholine rings is 1. The van der Waals surface area contributed by atoms with Gasteiger partial charge in [0.15, 0.2) is 0 Å². The van der Waals surface area contributed by atoms with Gasteiger partial charge in [0.1, 0.15) is 11.6 Å². The van der Waals surface area contributed by atoms with Crippen molar-refractivity contribution in [2.75, 3.05) is 54.6 Å². The first-order chi connectivity index (χ1) is 9.86. The molecule has 0 aromatic carbocycles. The molecule has 3 heterocycles. The largest absolute Gasteiger partial charge is 0.378 e. The Bertz CT molecular complexity index is 406. The van der Waals surface area contributed by atoms with E-state index < -0.39 is 0 Å². The highest BCUT2D eigenvalue weighted by Crippen LogP contribution is 2.23. The normalized spacial score (nSPS) is 20.1. The van der Waals surface area contributed by atoms with E-state index in [0.29, 0.717) is 5.82 Å². The zero-order valence-corrected chi connectivity index (χ0v) is 11.7. The first-order valence-corrected chi connectivity index (χ1v) is 7.30. The molecule has 2 saturated heterocycles. The van der Waals surface area contributed by atoms with Crippen molar-refractivity contribution in [1.82, 2.24) is 9.97 Å². The van der Waals surface area contributed by atoms with Crippen molar-refractivity contribution in [3.63, 3.8) is 0 Å². The maximum Gasteiger partial charge on any atom is 0.229 e. The Balaban J connectivity index is 1.85. The minimum absolute atomic E-state index is 0.669. The highest BCUT2D eigenvalue weighted by molar-refractivity contribution is 5.54.